The summed E-state index contributed by atoms with van der Waals surface area (Å²) in [6.45, 7) is 1.47. The molecule has 1 aliphatic heterocycles. The molecule has 0 aliphatic carbocycles. The van der Waals surface area contributed by atoms with E-state index in [1.54, 1.807) is 11.8 Å². The molecule has 13 heavy (non-hydrogen) atoms. The van der Waals surface area contributed by atoms with Crippen LogP contribution >= 0.6 is 11.8 Å². The van der Waals surface area contributed by atoms with Crippen molar-refractivity contribution in [1.29, 1.82) is 0 Å². The summed E-state index contributed by atoms with van der Waals surface area (Å²) in [5.41, 5.74) is 0. The van der Waals surface area contributed by atoms with Crippen LogP contribution in [0.5, 0.6) is 0 Å². The van der Waals surface area contributed by atoms with Gasteiger partial charge in [0.05, 0.1) is 6.04 Å². The van der Waals surface area contributed by atoms with Crippen LogP contribution in [-0.2, 0) is 9.53 Å². The molecular weight excluding hydrogens is 190 g/mol. The topological polar surface area (TPSA) is 61.9 Å². The number of aliphatic hydroxyl groups is 1. The molecule has 76 valence electrons. The van der Waals surface area contributed by atoms with E-state index in [1.807, 2.05) is 6.26 Å². The first kappa shape index (κ1) is 10.8. The van der Waals surface area contributed by atoms with Crippen LogP contribution in [-0.4, -0.2) is 41.5 Å². The molecule has 4 nitrogen and oxygen atoms in total. The zero-order valence-electron chi connectivity index (χ0n) is 7.82. The Balaban J connectivity index is 2.30. The molecule has 1 aliphatic rings. The molecule has 5 heteroatoms. The maximum atomic E-state index is 10.8. The zero-order chi connectivity index (χ0) is 9.84. The molecule has 1 heterocycles. The second-order valence-corrected chi connectivity index (χ2v) is 4.07. The lowest BCUT2D eigenvalue weighted by Crippen LogP contribution is -2.38. The lowest BCUT2D eigenvalue weighted by molar-refractivity contribution is -0.119. The van der Waals surface area contributed by atoms with Gasteiger partial charge in [-0.1, -0.05) is 0 Å². The SMILES string of the molecule is CSCCC(NC(C)=O)C1OC1O. The summed E-state index contributed by atoms with van der Waals surface area (Å²) in [6, 6.07) is -0.0417. The number of hydrogen-bond donors (Lipinski definition) is 2. The molecule has 1 fully saturated rings. The van der Waals surface area contributed by atoms with Crippen molar-refractivity contribution in [3.05, 3.63) is 0 Å². The summed E-state index contributed by atoms with van der Waals surface area (Å²) in [7, 11) is 0. The maximum absolute atomic E-state index is 10.8. The number of carbonyl (C=O) groups excluding carboxylic acids is 1. The normalized spacial score (nSPS) is 28.2. The van der Waals surface area contributed by atoms with Gasteiger partial charge in [-0.25, -0.2) is 0 Å². The van der Waals surface area contributed by atoms with Gasteiger partial charge >= 0.3 is 0 Å². The minimum atomic E-state index is -0.682. The van der Waals surface area contributed by atoms with Crippen molar-refractivity contribution in [2.24, 2.45) is 0 Å². The minimum Gasteiger partial charge on any atom is -0.366 e. The van der Waals surface area contributed by atoms with Gasteiger partial charge in [-0.15, -0.1) is 0 Å². The van der Waals surface area contributed by atoms with Gasteiger partial charge in [0.2, 0.25) is 5.91 Å². The van der Waals surface area contributed by atoms with Crippen molar-refractivity contribution < 1.29 is 14.6 Å². The third kappa shape index (κ3) is 3.54. The highest BCUT2D eigenvalue weighted by Gasteiger charge is 2.43. The number of thioether (sulfide) groups is 1. The number of nitrogens with one attached hydrogen (secondary N) is 1. The molecule has 0 radical (unpaired) electrons. The number of amides is 1. The van der Waals surface area contributed by atoms with Gasteiger partial charge in [0.25, 0.3) is 0 Å². The first-order valence-electron chi connectivity index (χ1n) is 4.24. The van der Waals surface area contributed by atoms with Crippen LogP contribution in [0.25, 0.3) is 0 Å². The van der Waals surface area contributed by atoms with Crippen LogP contribution in [0, 0.1) is 0 Å². The van der Waals surface area contributed by atoms with Gasteiger partial charge in [-0.3, -0.25) is 4.79 Å². The van der Waals surface area contributed by atoms with Gasteiger partial charge in [-0.2, -0.15) is 11.8 Å². The average molecular weight is 205 g/mol. The van der Waals surface area contributed by atoms with E-state index in [0.717, 1.165) is 12.2 Å². The van der Waals surface area contributed by atoms with Crippen molar-refractivity contribution in [3.8, 4) is 0 Å². The number of aliphatic hydroxyl groups excluding tert-OH is 1. The number of hydrogen-bond acceptors (Lipinski definition) is 4. The molecule has 2 N–H and O–H groups in total. The van der Waals surface area contributed by atoms with E-state index in [2.05, 4.69) is 5.32 Å². The standard InChI is InChI=1S/C8H15NO3S/c1-5(10)9-6(3-4-13-2)7-8(11)12-7/h6-8,11H,3-4H2,1-2H3,(H,9,10). The molecule has 0 saturated carbocycles. The minimum absolute atomic E-state index is 0.0417. The molecule has 0 aromatic heterocycles. The molecule has 0 bridgehead atoms. The summed E-state index contributed by atoms with van der Waals surface area (Å²) < 4.78 is 4.91. The summed E-state index contributed by atoms with van der Waals surface area (Å²) in [4.78, 5) is 10.8. The van der Waals surface area contributed by atoms with Crippen LogP contribution in [0.1, 0.15) is 13.3 Å². The monoisotopic (exact) mass is 205 g/mol. The number of carbonyl (C=O) groups is 1. The molecular formula is C8H15NO3S. The Morgan fingerprint density at radius 1 is 1.77 bits per heavy atom. The first-order chi connectivity index (χ1) is 6.15. The summed E-state index contributed by atoms with van der Waals surface area (Å²) in [6.07, 6.45) is 1.96. The number of epoxide rings is 1. The molecule has 0 aromatic rings. The van der Waals surface area contributed by atoms with E-state index in [-0.39, 0.29) is 18.1 Å². The lowest BCUT2D eigenvalue weighted by atomic mass is 10.1. The van der Waals surface area contributed by atoms with Crippen LogP contribution in [0.4, 0.5) is 0 Å². The highest BCUT2D eigenvalue weighted by molar-refractivity contribution is 7.98. The summed E-state index contributed by atoms with van der Waals surface area (Å²) in [5.74, 6) is 0.881. The van der Waals surface area contributed by atoms with Crippen molar-refractivity contribution in [1.82, 2.24) is 5.32 Å². The lowest BCUT2D eigenvalue weighted by Gasteiger charge is -2.14. The molecule has 3 unspecified atom stereocenters. The van der Waals surface area contributed by atoms with Gasteiger partial charge in [0.1, 0.15) is 6.10 Å². The van der Waals surface area contributed by atoms with E-state index >= 15 is 0 Å². The largest absolute Gasteiger partial charge is 0.366 e. The molecule has 1 saturated heterocycles. The van der Waals surface area contributed by atoms with Crippen molar-refractivity contribution in [2.75, 3.05) is 12.0 Å². The van der Waals surface area contributed by atoms with Gasteiger partial charge < -0.3 is 15.2 Å². The highest BCUT2D eigenvalue weighted by atomic mass is 32.2. The fourth-order valence-corrected chi connectivity index (χ4v) is 1.72. The van der Waals surface area contributed by atoms with Gasteiger partial charge in [0, 0.05) is 6.92 Å². The molecule has 1 amide bonds. The number of rotatable bonds is 5. The van der Waals surface area contributed by atoms with Crippen LogP contribution in [0.15, 0.2) is 0 Å². The van der Waals surface area contributed by atoms with E-state index in [9.17, 15) is 4.79 Å². The van der Waals surface area contributed by atoms with Crippen LogP contribution in [0.2, 0.25) is 0 Å². The van der Waals surface area contributed by atoms with E-state index in [0.29, 0.717) is 0 Å². The predicted molar refractivity (Wildman–Crippen MR) is 51.5 cm³/mol. The smallest absolute Gasteiger partial charge is 0.217 e. The molecule has 1 rings (SSSR count). The van der Waals surface area contributed by atoms with Gasteiger partial charge in [-0.05, 0) is 18.4 Å². The third-order valence-electron chi connectivity index (χ3n) is 1.92. The first-order valence-corrected chi connectivity index (χ1v) is 5.64. The fourth-order valence-electron chi connectivity index (χ4n) is 1.23. The van der Waals surface area contributed by atoms with E-state index < -0.39 is 6.29 Å². The van der Waals surface area contributed by atoms with Crippen molar-refractivity contribution in [3.63, 3.8) is 0 Å². The van der Waals surface area contributed by atoms with E-state index in [1.165, 1.54) is 6.92 Å². The Morgan fingerprint density at radius 2 is 2.38 bits per heavy atom. The highest BCUT2D eigenvalue weighted by Crippen LogP contribution is 2.25. The van der Waals surface area contributed by atoms with Gasteiger partial charge in [0.15, 0.2) is 6.29 Å². The molecule has 3 atom stereocenters. The van der Waals surface area contributed by atoms with Crippen molar-refractivity contribution >= 4 is 17.7 Å². The quantitative estimate of drug-likeness (QED) is 0.618. The van der Waals surface area contributed by atoms with Crippen LogP contribution < -0.4 is 5.32 Å². The van der Waals surface area contributed by atoms with Crippen LogP contribution in [0.3, 0.4) is 0 Å². The Hall–Kier alpha value is -0.260. The Kier molecular flexibility index (Phi) is 4.02. The predicted octanol–water partition coefficient (Wildman–Crippen LogP) is -0.0386. The van der Waals surface area contributed by atoms with Crippen molar-refractivity contribution in [2.45, 2.75) is 31.8 Å². The maximum Gasteiger partial charge on any atom is 0.217 e. The number of ether oxygens (including phenoxy) is 1. The Labute approximate surface area is 82.0 Å². The summed E-state index contributed by atoms with van der Waals surface area (Å²) >= 11 is 1.71. The van der Waals surface area contributed by atoms with E-state index in [4.69, 9.17) is 9.84 Å². The third-order valence-corrected chi connectivity index (χ3v) is 2.56. The molecule has 0 aromatic carbocycles. The second-order valence-electron chi connectivity index (χ2n) is 3.08. The molecule has 0 spiro atoms. The Morgan fingerprint density at radius 3 is 2.77 bits per heavy atom. The Bertz CT molecular complexity index is 188. The summed E-state index contributed by atoms with van der Waals surface area (Å²) in [5, 5.41) is 11.8. The zero-order valence-corrected chi connectivity index (χ0v) is 8.63. The fraction of sp³-hybridized carbons (Fsp3) is 0.875. The average Bonchev–Trinajstić information content (AvgIpc) is 2.75. The second kappa shape index (κ2) is 4.83.